The van der Waals surface area contributed by atoms with Crippen molar-refractivity contribution < 1.29 is 4.39 Å². The summed E-state index contributed by atoms with van der Waals surface area (Å²) >= 11 is 1.12. The van der Waals surface area contributed by atoms with Gasteiger partial charge in [0.05, 0.1) is 6.20 Å². The Morgan fingerprint density at radius 1 is 1.47 bits per heavy atom. The van der Waals surface area contributed by atoms with Gasteiger partial charge in [0, 0.05) is 19.4 Å². The van der Waals surface area contributed by atoms with Gasteiger partial charge in [-0.05, 0) is 11.8 Å². The number of hydrogen-bond acceptors (Lipinski definition) is 5. The molecule has 0 spiro atoms. The van der Waals surface area contributed by atoms with Crippen LogP contribution in [0.2, 0.25) is 0 Å². The first kappa shape index (κ1) is 9.91. The van der Waals surface area contributed by atoms with Crippen LogP contribution in [0.15, 0.2) is 28.8 Å². The third kappa shape index (κ3) is 2.24. The molecule has 0 aliphatic carbocycles. The fourth-order valence-corrected chi connectivity index (χ4v) is 1.65. The average molecular weight is 225 g/mol. The average Bonchev–Trinajstić information content (AvgIpc) is 2.74. The predicted molar refractivity (Wildman–Crippen MR) is 54.2 cm³/mol. The normalized spacial score (nSPS) is 10.3. The predicted octanol–water partition coefficient (Wildman–Crippen LogP) is 1.53. The highest BCUT2D eigenvalue weighted by atomic mass is 32.2. The van der Waals surface area contributed by atoms with E-state index in [4.69, 9.17) is 0 Å². The van der Waals surface area contributed by atoms with Crippen molar-refractivity contribution in [3.63, 3.8) is 0 Å². The molecule has 0 aliphatic rings. The topological polar surface area (TPSA) is 66.5 Å². The number of H-pyrrole nitrogens is 1. The first-order valence-electron chi connectivity index (χ1n) is 4.17. The van der Waals surface area contributed by atoms with Crippen LogP contribution in [0.3, 0.4) is 0 Å². The zero-order chi connectivity index (χ0) is 10.7. The fourth-order valence-electron chi connectivity index (χ4n) is 0.942. The molecule has 5 nitrogen and oxygen atoms in total. The highest BCUT2D eigenvalue weighted by Gasteiger charge is 2.09. The standard InChI is InChI=1S/C8H8FN5S/c1-10-7-13-4-5(9)6(14-7)15-8-11-2-3-12-8/h2-4H,1H3,(H,11,12)(H,10,13,14). The van der Waals surface area contributed by atoms with E-state index in [9.17, 15) is 4.39 Å². The fraction of sp³-hybridized carbons (Fsp3) is 0.125. The number of hydrogen-bond donors (Lipinski definition) is 2. The van der Waals surface area contributed by atoms with Crippen LogP contribution in [0.25, 0.3) is 0 Å². The van der Waals surface area contributed by atoms with Crippen LogP contribution >= 0.6 is 11.8 Å². The van der Waals surface area contributed by atoms with E-state index in [-0.39, 0.29) is 5.03 Å². The molecular formula is C8H8FN5S. The molecule has 0 saturated heterocycles. The first-order chi connectivity index (χ1) is 7.29. The first-order valence-corrected chi connectivity index (χ1v) is 4.99. The van der Waals surface area contributed by atoms with Crippen molar-refractivity contribution in [2.75, 3.05) is 12.4 Å². The molecule has 0 unspecified atom stereocenters. The Labute approximate surface area is 89.6 Å². The Kier molecular flexibility index (Phi) is 2.82. The zero-order valence-corrected chi connectivity index (χ0v) is 8.68. The minimum atomic E-state index is -0.463. The molecule has 78 valence electrons. The van der Waals surface area contributed by atoms with Gasteiger partial charge in [-0.2, -0.15) is 0 Å². The second-order valence-corrected chi connectivity index (χ2v) is 3.57. The highest BCUT2D eigenvalue weighted by molar-refractivity contribution is 7.99. The maximum Gasteiger partial charge on any atom is 0.223 e. The molecule has 15 heavy (non-hydrogen) atoms. The van der Waals surface area contributed by atoms with Crippen LogP contribution < -0.4 is 5.32 Å². The van der Waals surface area contributed by atoms with Crippen LogP contribution in [0.5, 0.6) is 0 Å². The van der Waals surface area contributed by atoms with Crippen molar-refractivity contribution in [1.82, 2.24) is 19.9 Å². The Morgan fingerprint density at radius 2 is 2.33 bits per heavy atom. The van der Waals surface area contributed by atoms with Crippen molar-refractivity contribution in [1.29, 1.82) is 0 Å². The minimum Gasteiger partial charge on any atom is -0.357 e. The van der Waals surface area contributed by atoms with E-state index in [0.717, 1.165) is 18.0 Å². The summed E-state index contributed by atoms with van der Waals surface area (Å²) in [7, 11) is 1.68. The van der Waals surface area contributed by atoms with Gasteiger partial charge in [0.2, 0.25) is 5.95 Å². The molecule has 0 amide bonds. The van der Waals surface area contributed by atoms with E-state index in [2.05, 4.69) is 25.3 Å². The molecule has 0 atom stereocenters. The Bertz CT molecular complexity index is 444. The number of nitrogens with zero attached hydrogens (tertiary/aromatic N) is 3. The molecule has 2 heterocycles. The minimum absolute atomic E-state index is 0.240. The van der Waals surface area contributed by atoms with E-state index in [1.54, 1.807) is 19.4 Å². The molecule has 0 aliphatic heterocycles. The quantitative estimate of drug-likeness (QED) is 0.775. The molecule has 0 radical (unpaired) electrons. The summed E-state index contributed by atoms with van der Waals surface area (Å²) in [5.74, 6) is -0.0825. The van der Waals surface area contributed by atoms with Gasteiger partial charge in [0.25, 0.3) is 0 Å². The molecule has 7 heteroatoms. The maximum atomic E-state index is 13.3. The number of halogens is 1. The van der Waals surface area contributed by atoms with E-state index < -0.39 is 5.82 Å². The second-order valence-electron chi connectivity index (χ2n) is 2.59. The number of aromatic amines is 1. The molecule has 0 fully saturated rings. The molecule has 0 bridgehead atoms. The van der Waals surface area contributed by atoms with Crippen LogP contribution in [0.1, 0.15) is 0 Å². The molecular weight excluding hydrogens is 217 g/mol. The highest BCUT2D eigenvalue weighted by Crippen LogP contribution is 2.25. The number of nitrogens with one attached hydrogen (secondary N) is 2. The summed E-state index contributed by atoms with van der Waals surface area (Å²) in [6.45, 7) is 0. The van der Waals surface area contributed by atoms with Gasteiger partial charge in [0.1, 0.15) is 5.03 Å². The van der Waals surface area contributed by atoms with E-state index in [1.165, 1.54) is 0 Å². The summed E-state index contributed by atoms with van der Waals surface area (Å²) in [4.78, 5) is 14.5. The molecule has 2 N–H and O–H groups in total. The smallest absolute Gasteiger partial charge is 0.223 e. The van der Waals surface area contributed by atoms with Gasteiger partial charge in [-0.15, -0.1) is 0 Å². The summed E-state index contributed by atoms with van der Waals surface area (Å²) < 4.78 is 13.3. The number of aromatic nitrogens is 4. The van der Waals surface area contributed by atoms with Crippen LogP contribution in [0.4, 0.5) is 10.3 Å². The van der Waals surface area contributed by atoms with E-state index in [0.29, 0.717) is 11.1 Å². The van der Waals surface area contributed by atoms with Crippen LogP contribution in [-0.2, 0) is 0 Å². The summed E-state index contributed by atoms with van der Waals surface area (Å²) in [5, 5.41) is 3.57. The second kappa shape index (κ2) is 4.26. The molecule has 0 aromatic carbocycles. The van der Waals surface area contributed by atoms with Crippen LogP contribution in [0, 0.1) is 5.82 Å². The lowest BCUT2D eigenvalue weighted by molar-refractivity contribution is 0.580. The Morgan fingerprint density at radius 3 is 3.00 bits per heavy atom. The number of rotatable bonds is 3. The van der Waals surface area contributed by atoms with E-state index in [1.807, 2.05) is 0 Å². The van der Waals surface area contributed by atoms with Gasteiger partial charge in [0.15, 0.2) is 11.0 Å². The van der Waals surface area contributed by atoms with Gasteiger partial charge in [-0.25, -0.2) is 19.3 Å². The van der Waals surface area contributed by atoms with Crippen molar-refractivity contribution in [3.05, 3.63) is 24.4 Å². The lowest BCUT2D eigenvalue weighted by Gasteiger charge is -2.01. The summed E-state index contributed by atoms with van der Waals surface area (Å²) in [6.07, 6.45) is 4.39. The van der Waals surface area contributed by atoms with Gasteiger partial charge in [-0.1, -0.05) is 0 Å². The van der Waals surface area contributed by atoms with Gasteiger partial charge >= 0.3 is 0 Å². The summed E-state index contributed by atoms with van der Waals surface area (Å²) in [5.41, 5.74) is 0. The number of imidazole rings is 1. The third-order valence-corrected chi connectivity index (χ3v) is 2.50. The monoisotopic (exact) mass is 225 g/mol. The molecule has 2 aromatic heterocycles. The van der Waals surface area contributed by atoms with E-state index >= 15 is 0 Å². The Hall–Kier alpha value is -1.63. The van der Waals surface area contributed by atoms with Crippen molar-refractivity contribution in [2.45, 2.75) is 10.2 Å². The summed E-state index contributed by atoms with van der Waals surface area (Å²) in [6, 6.07) is 0. The van der Waals surface area contributed by atoms with Crippen LogP contribution in [-0.4, -0.2) is 27.0 Å². The van der Waals surface area contributed by atoms with Crippen molar-refractivity contribution in [2.24, 2.45) is 0 Å². The molecule has 2 rings (SSSR count). The van der Waals surface area contributed by atoms with Crippen molar-refractivity contribution in [3.8, 4) is 0 Å². The van der Waals surface area contributed by atoms with Gasteiger partial charge in [-0.3, -0.25) is 0 Å². The number of anilines is 1. The van der Waals surface area contributed by atoms with Gasteiger partial charge < -0.3 is 10.3 Å². The lowest BCUT2D eigenvalue weighted by atomic mass is 10.6. The van der Waals surface area contributed by atoms with Crippen molar-refractivity contribution >= 4 is 17.7 Å². The third-order valence-electron chi connectivity index (χ3n) is 1.60. The SMILES string of the molecule is CNc1ncc(F)c(Sc2ncc[nH]2)n1. The molecule has 0 saturated carbocycles. The molecule has 2 aromatic rings. The Balaban J connectivity index is 2.27. The maximum absolute atomic E-state index is 13.3. The zero-order valence-electron chi connectivity index (χ0n) is 7.86. The largest absolute Gasteiger partial charge is 0.357 e. The lowest BCUT2D eigenvalue weighted by Crippen LogP contribution is -1.98.